The Morgan fingerprint density at radius 2 is 2.39 bits per heavy atom. The first-order chi connectivity index (χ1) is 8.70. The van der Waals surface area contributed by atoms with Crippen molar-refractivity contribution in [3.8, 4) is 0 Å². The molecule has 0 saturated carbocycles. The van der Waals surface area contributed by atoms with Crippen molar-refractivity contribution < 1.29 is 9.34 Å². The number of non-ortho nitro benzene ring substituents is 1. The van der Waals surface area contributed by atoms with Crippen LogP contribution in [0.3, 0.4) is 0 Å². The van der Waals surface area contributed by atoms with E-state index in [1.807, 2.05) is 19.1 Å². The number of hydrogen-bond donors (Lipinski definition) is 1. The highest BCUT2D eigenvalue weighted by molar-refractivity contribution is 5.77. The van der Waals surface area contributed by atoms with Gasteiger partial charge in [-0.15, -0.1) is 0 Å². The molecule has 0 aliphatic rings. The van der Waals surface area contributed by atoms with E-state index in [-0.39, 0.29) is 5.69 Å². The minimum Gasteiger partial charge on any atom is -0.423 e. The molecule has 0 radical (unpaired) electrons. The molecule has 0 atom stereocenters. The Balaban J connectivity index is 2.14. The monoisotopic (exact) mass is 247 g/mol. The summed E-state index contributed by atoms with van der Waals surface area (Å²) in [6.07, 6.45) is 4.87. The Morgan fingerprint density at radius 3 is 3.11 bits per heavy atom. The Labute approximate surface area is 103 Å². The van der Waals surface area contributed by atoms with Crippen LogP contribution in [0.4, 0.5) is 11.7 Å². The van der Waals surface area contributed by atoms with E-state index in [0.29, 0.717) is 23.7 Å². The summed E-state index contributed by atoms with van der Waals surface area (Å²) in [5.74, 6) is 0. The fraction of sp³-hybridized carbons (Fsp3) is 0.250. The molecule has 0 unspecified atom stereocenters. The van der Waals surface area contributed by atoms with Crippen LogP contribution in [0, 0.1) is 10.1 Å². The summed E-state index contributed by atoms with van der Waals surface area (Å²) < 4.78 is 5.39. The molecular weight excluding hydrogens is 234 g/mol. The number of fused-ring (bicyclic) bond motifs is 1. The lowest BCUT2D eigenvalue weighted by molar-refractivity contribution is -0.384. The van der Waals surface area contributed by atoms with Crippen molar-refractivity contribution in [2.24, 2.45) is 0 Å². The van der Waals surface area contributed by atoms with Gasteiger partial charge in [0.25, 0.3) is 11.7 Å². The van der Waals surface area contributed by atoms with Crippen molar-refractivity contribution in [1.29, 1.82) is 0 Å². The molecule has 1 heterocycles. The number of anilines is 1. The summed E-state index contributed by atoms with van der Waals surface area (Å²) in [6.45, 7) is 2.66. The molecule has 0 spiro atoms. The Hall–Kier alpha value is -2.37. The van der Waals surface area contributed by atoms with Crippen LogP contribution >= 0.6 is 0 Å². The molecule has 0 saturated heterocycles. The zero-order chi connectivity index (χ0) is 13.0. The maximum Gasteiger partial charge on any atom is 0.295 e. The van der Waals surface area contributed by atoms with E-state index in [9.17, 15) is 10.1 Å². The third-order valence-corrected chi connectivity index (χ3v) is 2.41. The van der Waals surface area contributed by atoms with Gasteiger partial charge in [-0.1, -0.05) is 12.2 Å². The Kier molecular flexibility index (Phi) is 3.57. The molecule has 2 aromatic rings. The minimum atomic E-state index is -0.457. The molecule has 0 fully saturated rings. The first-order valence-corrected chi connectivity index (χ1v) is 5.60. The molecule has 0 aliphatic heterocycles. The van der Waals surface area contributed by atoms with Crippen molar-refractivity contribution >= 4 is 22.8 Å². The summed E-state index contributed by atoms with van der Waals surface area (Å²) in [5, 5.41) is 13.6. The third-order valence-electron chi connectivity index (χ3n) is 2.41. The van der Waals surface area contributed by atoms with E-state index in [1.54, 1.807) is 6.07 Å². The van der Waals surface area contributed by atoms with Gasteiger partial charge in [0.2, 0.25) is 0 Å². The number of nitro benzene ring substituents is 1. The van der Waals surface area contributed by atoms with Crippen LogP contribution in [0.5, 0.6) is 0 Å². The second kappa shape index (κ2) is 5.31. The van der Waals surface area contributed by atoms with Gasteiger partial charge >= 0.3 is 0 Å². The second-order valence-corrected chi connectivity index (χ2v) is 3.71. The van der Waals surface area contributed by atoms with Gasteiger partial charge in [-0.3, -0.25) is 10.1 Å². The van der Waals surface area contributed by atoms with Gasteiger partial charge in [-0.2, -0.15) is 4.98 Å². The van der Waals surface area contributed by atoms with Gasteiger partial charge < -0.3 is 9.73 Å². The van der Waals surface area contributed by atoms with E-state index in [1.165, 1.54) is 12.1 Å². The van der Waals surface area contributed by atoms with Crippen molar-refractivity contribution in [2.45, 2.75) is 13.3 Å². The van der Waals surface area contributed by atoms with Crippen molar-refractivity contribution in [2.75, 3.05) is 11.9 Å². The fourth-order valence-electron chi connectivity index (χ4n) is 1.53. The van der Waals surface area contributed by atoms with E-state index < -0.39 is 4.92 Å². The number of nitro groups is 1. The molecule has 1 aromatic heterocycles. The lowest BCUT2D eigenvalue weighted by Crippen LogP contribution is -1.99. The molecule has 6 nitrogen and oxygen atoms in total. The van der Waals surface area contributed by atoms with Crippen molar-refractivity contribution in [3.63, 3.8) is 0 Å². The second-order valence-electron chi connectivity index (χ2n) is 3.71. The Bertz CT molecular complexity index is 589. The summed E-state index contributed by atoms with van der Waals surface area (Å²) in [7, 11) is 0. The largest absolute Gasteiger partial charge is 0.423 e. The van der Waals surface area contributed by atoms with Crippen molar-refractivity contribution in [3.05, 3.63) is 40.5 Å². The van der Waals surface area contributed by atoms with Crippen LogP contribution in [0.15, 0.2) is 34.8 Å². The van der Waals surface area contributed by atoms with Crippen LogP contribution in [0.25, 0.3) is 11.1 Å². The zero-order valence-corrected chi connectivity index (χ0v) is 9.92. The number of aromatic nitrogens is 1. The normalized spacial score (nSPS) is 11.2. The highest BCUT2D eigenvalue weighted by atomic mass is 16.6. The smallest absolute Gasteiger partial charge is 0.295 e. The molecule has 6 heteroatoms. The number of rotatable bonds is 5. The first kappa shape index (κ1) is 12.1. The van der Waals surface area contributed by atoms with E-state index >= 15 is 0 Å². The zero-order valence-electron chi connectivity index (χ0n) is 9.92. The predicted octanol–water partition coefficient (Wildman–Crippen LogP) is 3.11. The lowest BCUT2D eigenvalue weighted by atomic mass is 10.3. The number of nitrogens with one attached hydrogen (secondary N) is 1. The fourth-order valence-corrected chi connectivity index (χ4v) is 1.53. The summed E-state index contributed by atoms with van der Waals surface area (Å²) in [4.78, 5) is 14.3. The number of allylic oxidation sites excluding steroid dienone is 1. The molecule has 94 valence electrons. The first-order valence-electron chi connectivity index (χ1n) is 5.60. The van der Waals surface area contributed by atoms with Crippen LogP contribution in [0.1, 0.15) is 13.3 Å². The van der Waals surface area contributed by atoms with Crippen LogP contribution < -0.4 is 5.32 Å². The van der Waals surface area contributed by atoms with Gasteiger partial charge in [0.15, 0.2) is 5.58 Å². The van der Waals surface area contributed by atoms with Gasteiger partial charge in [0.1, 0.15) is 5.52 Å². The number of oxazole rings is 1. The maximum atomic E-state index is 10.6. The topological polar surface area (TPSA) is 81.2 Å². The maximum absolute atomic E-state index is 10.6. The van der Waals surface area contributed by atoms with E-state index in [0.717, 1.165) is 6.42 Å². The molecular formula is C12H13N3O3. The van der Waals surface area contributed by atoms with E-state index in [2.05, 4.69) is 10.3 Å². The standard InChI is InChI=1S/C12H13N3O3/c1-2-3-4-7-13-12-14-10-6-5-9(15(16)17)8-11(10)18-12/h2-3,5-6,8H,4,7H2,1H3,(H,13,14)/b3-2+. The highest BCUT2D eigenvalue weighted by Crippen LogP contribution is 2.23. The van der Waals surface area contributed by atoms with Gasteiger partial charge in [-0.25, -0.2) is 0 Å². The average Bonchev–Trinajstić information content (AvgIpc) is 2.76. The van der Waals surface area contributed by atoms with Crippen LogP contribution in [0.2, 0.25) is 0 Å². The Morgan fingerprint density at radius 1 is 1.56 bits per heavy atom. The molecule has 2 rings (SSSR count). The highest BCUT2D eigenvalue weighted by Gasteiger charge is 2.11. The quantitative estimate of drug-likeness (QED) is 0.380. The number of benzene rings is 1. The summed E-state index contributed by atoms with van der Waals surface area (Å²) >= 11 is 0. The van der Waals surface area contributed by atoms with Crippen LogP contribution in [-0.2, 0) is 0 Å². The number of nitrogens with zero attached hydrogens (tertiary/aromatic N) is 2. The molecule has 18 heavy (non-hydrogen) atoms. The van der Waals surface area contributed by atoms with E-state index in [4.69, 9.17) is 4.42 Å². The predicted molar refractivity (Wildman–Crippen MR) is 68.6 cm³/mol. The molecule has 1 aromatic carbocycles. The third kappa shape index (κ3) is 2.65. The molecule has 0 aliphatic carbocycles. The van der Waals surface area contributed by atoms with Gasteiger partial charge in [0.05, 0.1) is 11.0 Å². The summed E-state index contributed by atoms with van der Waals surface area (Å²) in [6, 6.07) is 4.75. The molecule has 0 bridgehead atoms. The van der Waals surface area contributed by atoms with Gasteiger partial charge in [0, 0.05) is 12.6 Å². The SMILES string of the molecule is C/C=C/CCNc1nc2ccc([N+](=O)[O-])cc2o1. The molecule has 0 amide bonds. The van der Waals surface area contributed by atoms with Crippen LogP contribution in [-0.4, -0.2) is 16.5 Å². The molecule has 1 N–H and O–H groups in total. The average molecular weight is 247 g/mol. The van der Waals surface area contributed by atoms with Gasteiger partial charge in [-0.05, 0) is 19.4 Å². The lowest BCUT2D eigenvalue weighted by Gasteiger charge is -1.96. The summed E-state index contributed by atoms with van der Waals surface area (Å²) in [5.41, 5.74) is 1.02. The minimum absolute atomic E-state index is 0.000818. The van der Waals surface area contributed by atoms with Crippen molar-refractivity contribution in [1.82, 2.24) is 4.98 Å². The number of hydrogen-bond acceptors (Lipinski definition) is 5.